The number of hydrogen-bond donors (Lipinski definition) is 2. The lowest BCUT2D eigenvalue weighted by Gasteiger charge is -1.95. The van der Waals surface area contributed by atoms with Gasteiger partial charge in [0, 0.05) is 6.20 Å². The van der Waals surface area contributed by atoms with Crippen LogP contribution in [0.15, 0.2) is 11.0 Å². The van der Waals surface area contributed by atoms with Crippen molar-refractivity contribution < 1.29 is 19.4 Å². The fraction of sp³-hybridized carbons (Fsp3) is 0.286. The monoisotopic (exact) mass is 200 g/mol. The highest BCUT2D eigenvalue weighted by molar-refractivity contribution is 5.89. The predicted octanol–water partition coefficient (Wildman–Crippen LogP) is -0.121. The molecule has 1 aromatic rings. The zero-order chi connectivity index (χ0) is 10.7. The van der Waals surface area contributed by atoms with Crippen LogP contribution in [0.4, 0.5) is 4.79 Å². The number of rotatable bonds is 2. The van der Waals surface area contributed by atoms with Crippen LogP contribution >= 0.6 is 0 Å². The summed E-state index contributed by atoms with van der Waals surface area (Å²) >= 11 is 0. The lowest BCUT2D eigenvalue weighted by molar-refractivity contribution is 0.0525. The van der Waals surface area contributed by atoms with Crippen molar-refractivity contribution >= 4 is 12.1 Å². The first-order valence-electron chi connectivity index (χ1n) is 3.78. The Morgan fingerprint density at radius 1 is 1.64 bits per heavy atom. The van der Waals surface area contributed by atoms with Gasteiger partial charge in [-0.2, -0.15) is 0 Å². The van der Waals surface area contributed by atoms with E-state index in [0.29, 0.717) is 4.68 Å². The van der Waals surface area contributed by atoms with E-state index >= 15 is 0 Å². The van der Waals surface area contributed by atoms with Crippen LogP contribution in [0.1, 0.15) is 17.3 Å². The fourth-order valence-corrected chi connectivity index (χ4v) is 0.867. The van der Waals surface area contributed by atoms with Gasteiger partial charge in [0.1, 0.15) is 5.56 Å². The number of carboxylic acid groups (broad SMARTS) is 1. The van der Waals surface area contributed by atoms with Gasteiger partial charge in [-0.25, -0.2) is 9.59 Å². The van der Waals surface area contributed by atoms with Crippen LogP contribution in [-0.4, -0.2) is 33.6 Å². The molecule has 0 aliphatic rings. The van der Waals surface area contributed by atoms with Crippen molar-refractivity contribution in [3.8, 4) is 0 Å². The number of carbonyl (C=O) groups excluding carboxylic acids is 1. The van der Waals surface area contributed by atoms with E-state index in [0.717, 1.165) is 6.20 Å². The van der Waals surface area contributed by atoms with Gasteiger partial charge in [-0.05, 0) is 6.92 Å². The molecule has 1 aromatic heterocycles. The van der Waals surface area contributed by atoms with Gasteiger partial charge in [0.25, 0.3) is 5.56 Å². The van der Waals surface area contributed by atoms with Crippen LogP contribution in [0.3, 0.4) is 0 Å². The van der Waals surface area contributed by atoms with Crippen LogP contribution in [0.2, 0.25) is 0 Å². The van der Waals surface area contributed by atoms with Gasteiger partial charge in [0.2, 0.25) is 0 Å². The molecule has 0 aliphatic heterocycles. The van der Waals surface area contributed by atoms with E-state index in [-0.39, 0.29) is 12.2 Å². The zero-order valence-electron chi connectivity index (χ0n) is 7.31. The summed E-state index contributed by atoms with van der Waals surface area (Å²) in [5, 5.41) is 10.6. The average Bonchev–Trinajstić information content (AvgIpc) is 2.47. The second kappa shape index (κ2) is 3.77. The first-order chi connectivity index (χ1) is 6.57. The number of aromatic nitrogens is 2. The van der Waals surface area contributed by atoms with Crippen molar-refractivity contribution in [1.82, 2.24) is 9.78 Å². The highest BCUT2D eigenvalue weighted by atomic mass is 16.5. The predicted molar refractivity (Wildman–Crippen MR) is 44.4 cm³/mol. The highest BCUT2D eigenvalue weighted by Crippen LogP contribution is 1.93. The quantitative estimate of drug-likeness (QED) is 0.648. The summed E-state index contributed by atoms with van der Waals surface area (Å²) in [7, 11) is 0. The Balaban J connectivity index is 3.07. The number of carbonyl (C=O) groups is 2. The van der Waals surface area contributed by atoms with E-state index in [1.807, 2.05) is 0 Å². The second-order valence-electron chi connectivity index (χ2n) is 2.33. The summed E-state index contributed by atoms with van der Waals surface area (Å²) in [6.07, 6.45) is -0.486. The Bertz CT molecular complexity index is 416. The molecule has 76 valence electrons. The second-order valence-corrected chi connectivity index (χ2v) is 2.33. The van der Waals surface area contributed by atoms with Crippen molar-refractivity contribution in [3.05, 3.63) is 22.1 Å². The summed E-state index contributed by atoms with van der Waals surface area (Å²) in [4.78, 5) is 32.6. The Labute approximate surface area is 77.9 Å². The van der Waals surface area contributed by atoms with Crippen molar-refractivity contribution in [2.45, 2.75) is 6.92 Å². The first-order valence-corrected chi connectivity index (χ1v) is 3.78. The summed E-state index contributed by atoms with van der Waals surface area (Å²) in [6.45, 7) is 1.71. The van der Waals surface area contributed by atoms with E-state index in [9.17, 15) is 14.4 Å². The van der Waals surface area contributed by atoms with Crippen LogP contribution in [-0.2, 0) is 4.74 Å². The molecule has 0 aliphatic carbocycles. The fourth-order valence-electron chi connectivity index (χ4n) is 0.867. The summed E-state index contributed by atoms with van der Waals surface area (Å²) in [6, 6.07) is 0. The van der Waals surface area contributed by atoms with Gasteiger partial charge in [-0.3, -0.25) is 9.89 Å². The van der Waals surface area contributed by atoms with E-state index in [1.54, 1.807) is 6.92 Å². The molecule has 7 nitrogen and oxygen atoms in total. The molecule has 0 saturated carbocycles. The summed E-state index contributed by atoms with van der Waals surface area (Å²) < 4.78 is 4.83. The maximum atomic E-state index is 11.2. The molecular weight excluding hydrogens is 192 g/mol. The first kappa shape index (κ1) is 10.0. The smallest absolute Gasteiger partial charge is 0.433 e. The lowest BCUT2D eigenvalue weighted by Crippen LogP contribution is -2.27. The number of ether oxygens (including phenoxy) is 1. The zero-order valence-corrected chi connectivity index (χ0v) is 7.31. The third-order valence-electron chi connectivity index (χ3n) is 1.46. The van der Waals surface area contributed by atoms with E-state index in [2.05, 4.69) is 9.84 Å². The molecule has 0 amide bonds. The standard InChI is InChI=1S/C7H8N2O5/c1-2-14-6(11)4-3-8-9(5(4)10)7(12)13/h3,8H,2H2,1H3,(H,12,13). The molecule has 0 aromatic carbocycles. The number of nitrogens with zero attached hydrogens (tertiary/aromatic N) is 1. The van der Waals surface area contributed by atoms with Crippen LogP contribution in [0.5, 0.6) is 0 Å². The number of nitrogens with one attached hydrogen (secondary N) is 1. The third kappa shape index (κ3) is 1.65. The van der Waals surface area contributed by atoms with E-state index < -0.39 is 17.6 Å². The topological polar surface area (TPSA) is 101 Å². The number of esters is 1. The molecule has 14 heavy (non-hydrogen) atoms. The summed E-state index contributed by atoms with van der Waals surface area (Å²) in [5.74, 6) is -0.839. The third-order valence-corrected chi connectivity index (χ3v) is 1.46. The Hall–Kier alpha value is -2.05. The van der Waals surface area contributed by atoms with Crippen LogP contribution in [0, 0.1) is 0 Å². The average molecular weight is 200 g/mol. The molecule has 0 fully saturated rings. The molecule has 0 saturated heterocycles. The molecule has 7 heteroatoms. The molecule has 2 N–H and O–H groups in total. The van der Waals surface area contributed by atoms with Gasteiger partial charge >= 0.3 is 12.1 Å². The lowest BCUT2D eigenvalue weighted by atomic mass is 10.4. The molecule has 1 heterocycles. The SMILES string of the molecule is CCOC(=O)c1c[nH]n(C(=O)O)c1=O. The van der Waals surface area contributed by atoms with Gasteiger partial charge < -0.3 is 9.84 Å². The summed E-state index contributed by atoms with van der Waals surface area (Å²) in [5.41, 5.74) is -1.26. The Kier molecular flexibility index (Phi) is 2.70. The number of hydrogen-bond acceptors (Lipinski definition) is 4. The van der Waals surface area contributed by atoms with E-state index in [1.165, 1.54) is 0 Å². The van der Waals surface area contributed by atoms with Crippen LogP contribution in [0.25, 0.3) is 0 Å². The van der Waals surface area contributed by atoms with Crippen molar-refractivity contribution in [2.75, 3.05) is 6.61 Å². The largest absolute Gasteiger partial charge is 0.463 e. The minimum absolute atomic E-state index is 0.122. The Morgan fingerprint density at radius 2 is 2.29 bits per heavy atom. The van der Waals surface area contributed by atoms with E-state index in [4.69, 9.17) is 5.11 Å². The number of H-pyrrole nitrogens is 1. The molecule has 0 spiro atoms. The Morgan fingerprint density at radius 3 is 2.71 bits per heavy atom. The minimum Gasteiger partial charge on any atom is -0.463 e. The van der Waals surface area contributed by atoms with Crippen molar-refractivity contribution in [1.29, 1.82) is 0 Å². The van der Waals surface area contributed by atoms with Crippen molar-refractivity contribution in [3.63, 3.8) is 0 Å². The maximum Gasteiger partial charge on any atom is 0.433 e. The van der Waals surface area contributed by atoms with Gasteiger partial charge in [-0.1, -0.05) is 0 Å². The molecular formula is C7H8N2O5. The normalized spacial score (nSPS) is 9.79. The van der Waals surface area contributed by atoms with Crippen LogP contribution < -0.4 is 5.56 Å². The molecule has 1 rings (SSSR count). The molecule has 0 unspecified atom stereocenters. The van der Waals surface area contributed by atoms with Gasteiger partial charge in [-0.15, -0.1) is 4.68 Å². The van der Waals surface area contributed by atoms with Crippen molar-refractivity contribution in [2.24, 2.45) is 0 Å². The maximum absolute atomic E-state index is 11.2. The molecule has 0 atom stereocenters. The minimum atomic E-state index is -1.48. The molecule has 0 bridgehead atoms. The molecule has 0 radical (unpaired) electrons. The highest BCUT2D eigenvalue weighted by Gasteiger charge is 2.17. The number of aromatic amines is 1. The van der Waals surface area contributed by atoms with Gasteiger partial charge in [0.05, 0.1) is 6.61 Å². The van der Waals surface area contributed by atoms with Gasteiger partial charge in [0.15, 0.2) is 0 Å².